The molecular weight excluding hydrogens is 368 g/mol. The molecule has 2 aliphatic heterocycles. The van der Waals surface area contributed by atoms with Crippen LogP contribution in [0.25, 0.3) is 0 Å². The second kappa shape index (κ2) is 8.64. The summed E-state index contributed by atoms with van der Waals surface area (Å²) in [5, 5.41) is 3.64. The maximum absolute atomic E-state index is 13.8. The van der Waals surface area contributed by atoms with E-state index in [4.69, 9.17) is 27.9 Å². The molecule has 0 bridgehead atoms. The van der Waals surface area contributed by atoms with Gasteiger partial charge in [0, 0.05) is 62.8 Å². The number of ether oxygens (including phenoxy) is 1. The van der Waals surface area contributed by atoms with Crippen LogP contribution in [-0.2, 0) is 9.53 Å². The Morgan fingerprint density at radius 3 is 2.76 bits per heavy atom. The highest BCUT2D eigenvalue weighted by molar-refractivity contribution is 6.35. The van der Waals surface area contributed by atoms with E-state index in [0.717, 1.165) is 32.7 Å². The summed E-state index contributed by atoms with van der Waals surface area (Å²) >= 11 is 11.9. The van der Waals surface area contributed by atoms with Crippen molar-refractivity contribution in [2.24, 2.45) is 0 Å². The van der Waals surface area contributed by atoms with E-state index in [1.165, 1.54) is 12.1 Å². The van der Waals surface area contributed by atoms with Crippen molar-refractivity contribution in [3.8, 4) is 0 Å². The van der Waals surface area contributed by atoms with Crippen LogP contribution in [0.15, 0.2) is 12.1 Å². The van der Waals surface area contributed by atoms with E-state index in [2.05, 4.69) is 10.2 Å². The van der Waals surface area contributed by atoms with Gasteiger partial charge in [0.2, 0.25) is 5.91 Å². The Morgan fingerprint density at radius 1 is 1.24 bits per heavy atom. The van der Waals surface area contributed by atoms with Crippen molar-refractivity contribution in [3.63, 3.8) is 0 Å². The van der Waals surface area contributed by atoms with Gasteiger partial charge in [0.15, 0.2) is 0 Å². The van der Waals surface area contributed by atoms with Crippen LogP contribution in [0, 0.1) is 5.82 Å². The lowest BCUT2D eigenvalue weighted by Gasteiger charge is -2.34. The largest absolute Gasteiger partial charge is 0.371 e. The molecule has 8 heteroatoms. The van der Waals surface area contributed by atoms with Gasteiger partial charge in [-0.05, 0) is 12.1 Å². The minimum Gasteiger partial charge on any atom is -0.371 e. The number of morpholine rings is 1. The van der Waals surface area contributed by atoms with E-state index in [9.17, 15) is 9.18 Å². The SMILES string of the molecule is O=C(CCN1CCOC(c2cc(F)c(Cl)cc2Cl)C1)N1CCNCC1. The maximum atomic E-state index is 13.8. The topological polar surface area (TPSA) is 44.8 Å². The number of benzene rings is 1. The summed E-state index contributed by atoms with van der Waals surface area (Å²) in [5.41, 5.74) is 0.599. The molecule has 25 heavy (non-hydrogen) atoms. The van der Waals surface area contributed by atoms with Crippen molar-refractivity contribution < 1.29 is 13.9 Å². The van der Waals surface area contributed by atoms with Gasteiger partial charge in [-0.3, -0.25) is 9.69 Å². The number of rotatable bonds is 4. The molecule has 0 spiro atoms. The van der Waals surface area contributed by atoms with Crippen molar-refractivity contribution in [2.75, 3.05) is 52.4 Å². The Labute approximate surface area is 157 Å². The molecule has 1 amide bonds. The first kappa shape index (κ1) is 18.9. The summed E-state index contributed by atoms with van der Waals surface area (Å²) in [5.74, 6) is -0.323. The smallest absolute Gasteiger partial charge is 0.223 e. The van der Waals surface area contributed by atoms with Gasteiger partial charge in [-0.2, -0.15) is 0 Å². The first-order valence-electron chi connectivity index (χ1n) is 8.51. The van der Waals surface area contributed by atoms with Gasteiger partial charge in [-0.1, -0.05) is 23.2 Å². The predicted octanol–water partition coefficient (Wildman–Crippen LogP) is 2.33. The van der Waals surface area contributed by atoms with Crippen molar-refractivity contribution in [1.82, 2.24) is 15.1 Å². The normalized spacial score (nSPS) is 22.2. The van der Waals surface area contributed by atoms with Gasteiger partial charge in [0.25, 0.3) is 0 Å². The third kappa shape index (κ3) is 4.83. The summed E-state index contributed by atoms with van der Waals surface area (Å²) in [4.78, 5) is 16.3. The molecule has 5 nitrogen and oxygen atoms in total. The van der Waals surface area contributed by atoms with Gasteiger partial charge in [0.05, 0.1) is 17.7 Å². The fraction of sp³-hybridized carbons (Fsp3) is 0.588. The second-order valence-corrected chi connectivity index (χ2v) is 7.14. The molecule has 0 aliphatic carbocycles. The van der Waals surface area contributed by atoms with E-state index < -0.39 is 5.82 Å². The third-order valence-corrected chi connectivity index (χ3v) is 5.27. The number of nitrogens with one attached hydrogen (secondary N) is 1. The minimum absolute atomic E-state index is 0.00281. The van der Waals surface area contributed by atoms with Crippen LogP contribution >= 0.6 is 23.2 Å². The van der Waals surface area contributed by atoms with Gasteiger partial charge >= 0.3 is 0 Å². The number of hydrogen-bond acceptors (Lipinski definition) is 4. The number of carbonyl (C=O) groups excluding carboxylic acids is 1. The first-order chi connectivity index (χ1) is 12.0. The van der Waals surface area contributed by atoms with E-state index in [-0.39, 0.29) is 17.0 Å². The number of carbonyl (C=O) groups is 1. The molecule has 2 heterocycles. The quantitative estimate of drug-likeness (QED) is 0.802. The summed E-state index contributed by atoms with van der Waals surface area (Å²) < 4.78 is 19.5. The Kier molecular flexibility index (Phi) is 6.52. The molecule has 1 aromatic carbocycles. The van der Waals surface area contributed by atoms with Crippen LogP contribution in [0.1, 0.15) is 18.1 Å². The van der Waals surface area contributed by atoms with Crippen LogP contribution in [0.2, 0.25) is 10.0 Å². The molecule has 138 valence electrons. The second-order valence-electron chi connectivity index (χ2n) is 6.33. The number of nitrogens with zero attached hydrogens (tertiary/aromatic N) is 2. The fourth-order valence-electron chi connectivity index (χ4n) is 3.20. The summed E-state index contributed by atoms with van der Waals surface area (Å²) in [6, 6.07) is 2.74. The summed E-state index contributed by atoms with van der Waals surface area (Å²) in [6.07, 6.45) is 0.164. The van der Waals surface area contributed by atoms with Crippen LogP contribution in [0.4, 0.5) is 4.39 Å². The average molecular weight is 390 g/mol. The number of piperazine rings is 1. The van der Waals surface area contributed by atoms with Crippen LogP contribution in [0.3, 0.4) is 0 Å². The standard InChI is InChI=1S/C17H22Cl2FN3O2/c18-13-10-14(19)15(20)9-12(13)16-11-22(7-8-25-16)4-1-17(24)23-5-2-21-3-6-23/h9-10,16,21H,1-8,11H2. The van der Waals surface area contributed by atoms with Crippen molar-refractivity contribution in [3.05, 3.63) is 33.6 Å². The monoisotopic (exact) mass is 389 g/mol. The van der Waals surface area contributed by atoms with Crippen LogP contribution in [-0.4, -0.2) is 68.1 Å². The molecule has 2 fully saturated rings. The van der Waals surface area contributed by atoms with Gasteiger partial charge in [0.1, 0.15) is 5.82 Å². The molecular formula is C17H22Cl2FN3O2. The molecule has 0 radical (unpaired) electrons. The molecule has 2 saturated heterocycles. The minimum atomic E-state index is -0.504. The van der Waals surface area contributed by atoms with Gasteiger partial charge in [-0.15, -0.1) is 0 Å². The van der Waals surface area contributed by atoms with E-state index in [1.54, 1.807) is 0 Å². The highest BCUT2D eigenvalue weighted by atomic mass is 35.5. The zero-order valence-corrected chi connectivity index (χ0v) is 15.5. The highest BCUT2D eigenvalue weighted by Gasteiger charge is 2.26. The number of halogens is 3. The van der Waals surface area contributed by atoms with Gasteiger partial charge < -0.3 is 15.0 Å². The molecule has 1 atom stereocenters. The molecule has 0 aromatic heterocycles. The van der Waals surface area contributed by atoms with E-state index in [1.807, 2.05) is 4.90 Å². The zero-order chi connectivity index (χ0) is 17.8. The first-order valence-corrected chi connectivity index (χ1v) is 9.27. The van der Waals surface area contributed by atoms with Crippen molar-refractivity contribution in [2.45, 2.75) is 12.5 Å². The summed E-state index contributed by atoms with van der Waals surface area (Å²) in [7, 11) is 0. The number of hydrogen-bond donors (Lipinski definition) is 1. The zero-order valence-electron chi connectivity index (χ0n) is 13.9. The highest BCUT2D eigenvalue weighted by Crippen LogP contribution is 2.32. The Hall–Kier alpha value is -0.920. The lowest BCUT2D eigenvalue weighted by Crippen LogP contribution is -2.47. The summed E-state index contributed by atoms with van der Waals surface area (Å²) in [6.45, 7) is 5.75. The molecule has 1 aromatic rings. The van der Waals surface area contributed by atoms with Crippen LogP contribution < -0.4 is 5.32 Å². The predicted molar refractivity (Wildman–Crippen MR) is 95.6 cm³/mol. The molecule has 1 N–H and O–H groups in total. The van der Waals surface area contributed by atoms with Crippen molar-refractivity contribution in [1.29, 1.82) is 0 Å². The Balaban J connectivity index is 1.56. The third-order valence-electron chi connectivity index (χ3n) is 4.65. The fourth-order valence-corrected chi connectivity index (χ4v) is 3.71. The van der Waals surface area contributed by atoms with Gasteiger partial charge in [-0.25, -0.2) is 4.39 Å². The molecule has 2 aliphatic rings. The number of amides is 1. The lowest BCUT2D eigenvalue weighted by molar-refractivity contribution is -0.132. The molecule has 3 rings (SSSR count). The Bertz CT molecular complexity index is 626. The molecule has 1 unspecified atom stereocenters. The Morgan fingerprint density at radius 2 is 2.00 bits per heavy atom. The van der Waals surface area contributed by atoms with Crippen LogP contribution in [0.5, 0.6) is 0 Å². The maximum Gasteiger partial charge on any atom is 0.223 e. The van der Waals surface area contributed by atoms with Crippen molar-refractivity contribution >= 4 is 29.1 Å². The molecule has 0 saturated carbocycles. The van der Waals surface area contributed by atoms with E-state index >= 15 is 0 Å². The average Bonchev–Trinajstić information content (AvgIpc) is 2.63. The van der Waals surface area contributed by atoms with E-state index in [0.29, 0.717) is 36.7 Å². The lowest BCUT2D eigenvalue weighted by atomic mass is 10.1.